The zero-order valence-corrected chi connectivity index (χ0v) is 24.6. The number of hydrogen-bond donors (Lipinski definition) is 0. The molecule has 9 rings (SSSR count). The fraction of sp³-hybridized carbons (Fsp3) is 0.0789. The van der Waals surface area contributed by atoms with Crippen molar-refractivity contribution in [2.45, 2.75) is 19.3 Å². The Kier molecular flexibility index (Phi) is 5.26. The molecule has 1 aliphatic heterocycles. The smallest absolute Gasteiger partial charge is 0.264 e. The van der Waals surface area contributed by atoms with Crippen molar-refractivity contribution < 1.29 is 4.79 Å². The second-order valence-electron chi connectivity index (χ2n) is 11.9. The van der Waals surface area contributed by atoms with Gasteiger partial charge in [0.1, 0.15) is 5.82 Å². The van der Waals surface area contributed by atoms with Crippen LogP contribution in [0.5, 0.6) is 0 Å². The van der Waals surface area contributed by atoms with Crippen molar-refractivity contribution in [1.82, 2.24) is 29.1 Å². The Morgan fingerprint density at radius 3 is 1.84 bits per heavy atom. The number of nitrogens with zero attached hydrogens (tertiary/aromatic N) is 6. The summed E-state index contributed by atoms with van der Waals surface area (Å²) in [6, 6.07) is 40.0. The van der Waals surface area contributed by atoms with Crippen molar-refractivity contribution >= 4 is 38.7 Å². The predicted octanol–water partition coefficient (Wildman–Crippen LogP) is 7.98. The number of imidazole rings is 1. The van der Waals surface area contributed by atoms with E-state index in [-0.39, 0.29) is 5.91 Å². The lowest BCUT2D eigenvalue weighted by Crippen LogP contribution is -2.35. The summed E-state index contributed by atoms with van der Waals surface area (Å²) >= 11 is 0. The molecule has 0 unspecified atom stereocenters. The molecule has 0 bridgehead atoms. The molecule has 0 N–H and O–H groups in total. The van der Waals surface area contributed by atoms with E-state index in [1.165, 1.54) is 0 Å². The highest BCUT2D eigenvalue weighted by Crippen LogP contribution is 2.46. The van der Waals surface area contributed by atoms with E-state index in [0.717, 1.165) is 55.4 Å². The normalized spacial score (nSPS) is 13.8. The van der Waals surface area contributed by atoms with Crippen LogP contribution >= 0.6 is 0 Å². The zero-order valence-electron chi connectivity index (χ0n) is 24.6. The van der Waals surface area contributed by atoms with Crippen LogP contribution in [0.1, 0.15) is 35.6 Å². The Labute approximate surface area is 258 Å². The number of rotatable bonds is 3. The summed E-state index contributed by atoms with van der Waals surface area (Å²) in [5.74, 6) is 2.28. The van der Waals surface area contributed by atoms with E-state index in [1.807, 2.05) is 103 Å². The van der Waals surface area contributed by atoms with E-state index in [0.29, 0.717) is 23.2 Å². The summed E-state index contributed by atoms with van der Waals surface area (Å²) in [5, 5.41) is 2.08. The molecule has 45 heavy (non-hydrogen) atoms. The van der Waals surface area contributed by atoms with Gasteiger partial charge in [0.15, 0.2) is 11.6 Å². The van der Waals surface area contributed by atoms with Gasteiger partial charge < -0.3 is 0 Å². The first-order chi connectivity index (χ1) is 22.0. The molecule has 0 fully saturated rings. The van der Waals surface area contributed by atoms with E-state index in [2.05, 4.69) is 36.6 Å². The lowest BCUT2D eigenvalue weighted by Gasteiger charge is -2.33. The van der Waals surface area contributed by atoms with Crippen LogP contribution in [0.2, 0.25) is 0 Å². The van der Waals surface area contributed by atoms with Crippen LogP contribution in [-0.2, 0) is 5.41 Å². The summed E-state index contributed by atoms with van der Waals surface area (Å²) in [4.78, 5) is 34.5. The van der Waals surface area contributed by atoms with E-state index in [9.17, 15) is 4.79 Å². The number of para-hydroxylation sites is 3. The van der Waals surface area contributed by atoms with Crippen LogP contribution in [0.4, 0.5) is 0 Å². The third kappa shape index (κ3) is 3.61. The topological polar surface area (TPSA) is 78.5 Å². The Hall–Kier alpha value is -5.95. The molecule has 0 amide bonds. The summed E-state index contributed by atoms with van der Waals surface area (Å²) < 4.78 is 3.89. The molecule has 3 aromatic heterocycles. The van der Waals surface area contributed by atoms with Gasteiger partial charge in [0.05, 0.1) is 27.5 Å². The van der Waals surface area contributed by atoms with Gasteiger partial charge in [-0.25, -0.2) is 9.97 Å². The maximum Gasteiger partial charge on any atom is 0.264 e. The fourth-order valence-corrected chi connectivity index (χ4v) is 6.86. The van der Waals surface area contributed by atoms with Gasteiger partial charge in [-0.3, -0.25) is 13.9 Å². The number of fused-ring (bicyclic) bond motifs is 8. The van der Waals surface area contributed by atoms with Gasteiger partial charge in [-0.05, 0) is 38.1 Å². The molecule has 1 aliphatic rings. The number of carbonyl (C=O) groups excluding carboxylic acids is 1. The molecule has 214 valence electrons. The predicted molar refractivity (Wildman–Crippen MR) is 177 cm³/mol. The first kappa shape index (κ1) is 25.5. The maximum atomic E-state index is 14.3. The summed E-state index contributed by atoms with van der Waals surface area (Å²) in [6.07, 6.45) is 0. The molecule has 0 saturated carbocycles. The monoisotopic (exact) mass is 582 g/mol. The summed E-state index contributed by atoms with van der Waals surface area (Å²) in [6.45, 7) is 4.30. The van der Waals surface area contributed by atoms with Gasteiger partial charge in [0.25, 0.3) is 5.91 Å². The maximum absolute atomic E-state index is 14.3. The van der Waals surface area contributed by atoms with Crippen molar-refractivity contribution in [3.63, 3.8) is 0 Å². The number of carbonyl (C=O) groups is 1. The Balaban J connectivity index is 1.41. The SMILES string of the molecule is CC1(C)c2c(ccc3c4ccccc4n(-c4nc(-c5ccccc5)nc(-c5ccccc5)n4)c23)C(=O)n2c1nc1ccccc12. The minimum absolute atomic E-state index is 0.0858. The molecule has 8 aromatic rings. The first-order valence-corrected chi connectivity index (χ1v) is 15.0. The van der Waals surface area contributed by atoms with Gasteiger partial charge >= 0.3 is 0 Å². The molecular weight excluding hydrogens is 556 g/mol. The molecule has 5 aromatic carbocycles. The molecule has 7 heteroatoms. The van der Waals surface area contributed by atoms with Crippen molar-refractivity contribution in [3.8, 4) is 28.7 Å². The van der Waals surface area contributed by atoms with Crippen LogP contribution < -0.4 is 0 Å². The third-order valence-electron chi connectivity index (χ3n) is 8.90. The molecule has 0 spiro atoms. The van der Waals surface area contributed by atoms with Gasteiger partial charge in [-0.15, -0.1) is 0 Å². The molecule has 0 aliphatic carbocycles. The summed E-state index contributed by atoms with van der Waals surface area (Å²) in [5.41, 5.74) is 6.19. The Morgan fingerprint density at radius 2 is 1.16 bits per heavy atom. The molecule has 0 saturated heterocycles. The Morgan fingerprint density at radius 1 is 0.556 bits per heavy atom. The minimum atomic E-state index is -0.620. The lowest BCUT2D eigenvalue weighted by atomic mass is 9.77. The number of hydrogen-bond acceptors (Lipinski definition) is 5. The average Bonchev–Trinajstić information content (AvgIpc) is 3.65. The molecule has 0 radical (unpaired) electrons. The quantitative estimate of drug-likeness (QED) is 0.211. The third-order valence-corrected chi connectivity index (χ3v) is 8.90. The first-order valence-electron chi connectivity index (χ1n) is 15.0. The lowest BCUT2D eigenvalue weighted by molar-refractivity contribution is 0.0948. The van der Waals surface area contributed by atoms with Gasteiger partial charge in [0, 0.05) is 33.0 Å². The molecular formula is C38H26N6O. The van der Waals surface area contributed by atoms with Gasteiger partial charge in [-0.2, -0.15) is 9.97 Å². The second-order valence-corrected chi connectivity index (χ2v) is 11.9. The van der Waals surface area contributed by atoms with Crippen molar-refractivity contribution in [2.24, 2.45) is 0 Å². The van der Waals surface area contributed by atoms with Crippen molar-refractivity contribution in [2.75, 3.05) is 0 Å². The van der Waals surface area contributed by atoms with Crippen LogP contribution in [0.25, 0.3) is 61.6 Å². The minimum Gasteiger partial charge on any atom is -0.277 e. The standard InChI is InChI=1S/C38H26N6O/c1-38(2)31-27(35(45)44-30-20-12-10-18-28(30)39-36(38)44)22-21-26-25-17-9-11-19-29(25)43(32(26)31)37-41-33(23-13-5-3-6-14-23)40-34(42-37)24-15-7-4-8-16-24/h3-22H,1-2H3. The highest BCUT2D eigenvalue weighted by atomic mass is 16.2. The van der Waals surface area contributed by atoms with Gasteiger partial charge in [-0.1, -0.05) is 97.1 Å². The highest BCUT2D eigenvalue weighted by molar-refractivity contribution is 6.15. The average molecular weight is 583 g/mol. The van der Waals surface area contributed by atoms with Crippen LogP contribution in [0.3, 0.4) is 0 Å². The van der Waals surface area contributed by atoms with Gasteiger partial charge in [0.2, 0.25) is 5.95 Å². The van der Waals surface area contributed by atoms with Crippen molar-refractivity contribution in [3.05, 3.63) is 138 Å². The van der Waals surface area contributed by atoms with E-state index < -0.39 is 5.41 Å². The fourth-order valence-electron chi connectivity index (χ4n) is 6.86. The van der Waals surface area contributed by atoms with Crippen molar-refractivity contribution in [1.29, 1.82) is 0 Å². The highest BCUT2D eigenvalue weighted by Gasteiger charge is 2.42. The largest absolute Gasteiger partial charge is 0.277 e. The van der Waals surface area contributed by atoms with Crippen LogP contribution in [-0.4, -0.2) is 35.0 Å². The van der Waals surface area contributed by atoms with Crippen LogP contribution in [0.15, 0.2) is 121 Å². The van der Waals surface area contributed by atoms with Crippen LogP contribution in [0, 0.1) is 0 Å². The second kappa shape index (κ2) is 9.27. The molecule has 7 nitrogen and oxygen atoms in total. The van der Waals surface area contributed by atoms with E-state index in [1.54, 1.807) is 4.57 Å². The van der Waals surface area contributed by atoms with E-state index in [4.69, 9.17) is 19.9 Å². The zero-order chi connectivity index (χ0) is 30.3. The number of benzene rings is 5. The summed E-state index contributed by atoms with van der Waals surface area (Å²) in [7, 11) is 0. The molecule has 0 atom stereocenters. The Bertz CT molecular complexity index is 2420. The van der Waals surface area contributed by atoms with E-state index >= 15 is 0 Å². The molecule has 4 heterocycles. The number of aromatic nitrogens is 6.